The molecule has 0 aliphatic carbocycles. The smallest absolute Gasteiger partial charge is 0.233 e. The molecular weight excluding hydrogens is 290 g/mol. The van der Waals surface area contributed by atoms with Gasteiger partial charge >= 0.3 is 0 Å². The SMILES string of the molecule is CC(C)C(C)c1cc(Cl)nc(C(Cl)(Cl)Cl)n1. The van der Waals surface area contributed by atoms with Gasteiger partial charge in [-0.1, -0.05) is 67.2 Å². The molecule has 0 spiro atoms. The molecule has 0 fully saturated rings. The summed E-state index contributed by atoms with van der Waals surface area (Å²) in [6.07, 6.45) is 0. The molecule has 0 amide bonds. The van der Waals surface area contributed by atoms with Crippen LogP contribution in [-0.2, 0) is 3.79 Å². The molecule has 1 rings (SSSR count). The van der Waals surface area contributed by atoms with Crippen molar-refractivity contribution in [2.24, 2.45) is 5.92 Å². The molecule has 16 heavy (non-hydrogen) atoms. The average molecular weight is 302 g/mol. The topological polar surface area (TPSA) is 25.8 Å². The van der Waals surface area contributed by atoms with E-state index in [2.05, 4.69) is 23.8 Å². The first-order chi connectivity index (χ1) is 7.21. The first-order valence-electron chi connectivity index (χ1n) is 4.83. The van der Waals surface area contributed by atoms with E-state index in [-0.39, 0.29) is 11.7 Å². The number of rotatable bonds is 2. The Morgan fingerprint density at radius 2 is 1.69 bits per heavy atom. The van der Waals surface area contributed by atoms with Gasteiger partial charge in [-0.3, -0.25) is 0 Å². The molecule has 2 nitrogen and oxygen atoms in total. The lowest BCUT2D eigenvalue weighted by Gasteiger charge is -2.17. The van der Waals surface area contributed by atoms with Crippen LogP contribution in [0.25, 0.3) is 0 Å². The van der Waals surface area contributed by atoms with Crippen LogP contribution in [0.2, 0.25) is 5.15 Å². The van der Waals surface area contributed by atoms with Gasteiger partial charge in [0.05, 0.1) is 0 Å². The zero-order valence-electron chi connectivity index (χ0n) is 9.14. The van der Waals surface area contributed by atoms with Gasteiger partial charge in [0.15, 0.2) is 5.82 Å². The number of aromatic nitrogens is 2. The number of hydrogen-bond acceptors (Lipinski definition) is 2. The normalized spacial score (nSPS) is 14.2. The molecule has 0 radical (unpaired) electrons. The van der Waals surface area contributed by atoms with Gasteiger partial charge in [0.2, 0.25) is 3.79 Å². The minimum absolute atomic E-state index is 0.118. The van der Waals surface area contributed by atoms with Crippen molar-refractivity contribution in [1.82, 2.24) is 9.97 Å². The van der Waals surface area contributed by atoms with Crippen molar-refractivity contribution in [2.75, 3.05) is 0 Å². The van der Waals surface area contributed by atoms with E-state index in [1.54, 1.807) is 6.07 Å². The highest BCUT2D eigenvalue weighted by molar-refractivity contribution is 6.66. The van der Waals surface area contributed by atoms with E-state index in [0.717, 1.165) is 5.69 Å². The fourth-order valence-corrected chi connectivity index (χ4v) is 1.58. The van der Waals surface area contributed by atoms with Crippen LogP contribution in [0.1, 0.15) is 38.2 Å². The summed E-state index contributed by atoms with van der Waals surface area (Å²) >= 11 is 23.1. The first kappa shape index (κ1) is 14.3. The average Bonchev–Trinajstić information content (AvgIpc) is 2.14. The van der Waals surface area contributed by atoms with E-state index in [1.165, 1.54) is 0 Å². The van der Waals surface area contributed by atoms with Crippen molar-refractivity contribution in [3.63, 3.8) is 0 Å². The Balaban J connectivity index is 3.18. The first-order valence-corrected chi connectivity index (χ1v) is 6.34. The zero-order chi connectivity index (χ0) is 12.5. The fourth-order valence-electron chi connectivity index (χ4n) is 1.14. The maximum atomic E-state index is 5.88. The molecule has 0 aromatic carbocycles. The quantitative estimate of drug-likeness (QED) is 0.583. The third-order valence-electron chi connectivity index (χ3n) is 2.43. The van der Waals surface area contributed by atoms with Gasteiger partial charge in [-0.05, 0) is 12.0 Å². The van der Waals surface area contributed by atoms with Crippen LogP contribution in [0.3, 0.4) is 0 Å². The third-order valence-corrected chi connectivity index (χ3v) is 3.14. The predicted molar refractivity (Wildman–Crippen MR) is 69.5 cm³/mol. The summed E-state index contributed by atoms with van der Waals surface area (Å²) in [7, 11) is 0. The Morgan fingerprint density at radius 3 is 2.12 bits per heavy atom. The maximum Gasteiger partial charge on any atom is 0.250 e. The van der Waals surface area contributed by atoms with Crippen LogP contribution in [-0.4, -0.2) is 9.97 Å². The molecule has 0 N–H and O–H groups in total. The molecule has 1 atom stereocenters. The van der Waals surface area contributed by atoms with Crippen LogP contribution in [0.15, 0.2) is 6.07 Å². The van der Waals surface area contributed by atoms with E-state index in [4.69, 9.17) is 46.4 Å². The van der Waals surface area contributed by atoms with Crippen molar-refractivity contribution in [3.05, 3.63) is 22.7 Å². The predicted octanol–water partition coefficient (Wildman–Crippen LogP) is 4.72. The fraction of sp³-hybridized carbons (Fsp3) is 0.600. The van der Waals surface area contributed by atoms with E-state index in [0.29, 0.717) is 11.1 Å². The number of alkyl halides is 3. The summed E-state index contributed by atoms with van der Waals surface area (Å²) in [6, 6.07) is 1.70. The molecule has 0 aliphatic heterocycles. The van der Waals surface area contributed by atoms with Crippen molar-refractivity contribution in [3.8, 4) is 0 Å². The van der Waals surface area contributed by atoms with Crippen molar-refractivity contribution in [1.29, 1.82) is 0 Å². The minimum atomic E-state index is -1.64. The summed E-state index contributed by atoms with van der Waals surface area (Å²) in [5.41, 5.74) is 0.788. The van der Waals surface area contributed by atoms with Gasteiger partial charge in [-0.15, -0.1) is 0 Å². The molecule has 0 bridgehead atoms. The van der Waals surface area contributed by atoms with E-state index in [1.807, 2.05) is 6.92 Å². The largest absolute Gasteiger partial charge is 0.250 e. The second kappa shape index (κ2) is 5.26. The summed E-state index contributed by atoms with van der Waals surface area (Å²) in [4.78, 5) is 8.14. The molecule has 0 aliphatic rings. The van der Waals surface area contributed by atoms with Gasteiger partial charge in [-0.2, -0.15) is 0 Å². The van der Waals surface area contributed by atoms with Crippen molar-refractivity contribution >= 4 is 46.4 Å². The summed E-state index contributed by atoms with van der Waals surface area (Å²) in [6.45, 7) is 6.23. The highest BCUT2D eigenvalue weighted by Crippen LogP contribution is 2.37. The van der Waals surface area contributed by atoms with Crippen LogP contribution in [0, 0.1) is 5.92 Å². The van der Waals surface area contributed by atoms with E-state index < -0.39 is 3.79 Å². The molecule has 90 valence electrons. The van der Waals surface area contributed by atoms with E-state index >= 15 is 0 Å². The molecule has 6 heteroatoms. The van der Waals surface area contributed by atoms with Crippen LogP contribution in [0.5, 0.6) is 0 Å². The van der Waals surface area contributed by atoms with Gasteiger partial charge in [-0.25, -0.2) is 9.97 Å². The molecule has 1 unspecified atom stereocenters. The number of hydrogen-bond donors (Lipinski definition) is 0. The van der Waals surface area contributed by atoms with Crippen LogP contribution in [0.4, 0.5) is 0 Å². The van der Waals surface area contributed by atoms with Gasteiger partial charge < -0.3 is 0 Å². The second-order valence-corrected chi connectivity index (χ2v) is 6.64. The molecule has 0 saturated carbocycles. The molecule has 1 aromatic heterocycles. The standard InChI is InChI=1S/C10H12Cl4N2/c1-5(2)6(3)7-4-8(11)16-9(15-7)10(12,13)14/h4-6H,1-3H3. The Morgan fingerprint density at radius 1 is 1.12 bits per heavy atom. The van der Waals surface area contributed by atoms with Gasteiger partial charge in [0, 0.05) is 11.6 Å². The Bertz CT molecular complexity index is 374. The highest BCUT2D eigenvalue weighted by Gasteiger charge is 2.28. The Kier molecular flexibility index (Phi) is 4.70. The lowest BCUT2D eigenvalue weighted by molar-refractivity contribution is 0.520. The second-order valence-electron chi connectivity index (χ2n) is 3.97. The highest BCUT2D eigenvalue weighted by atomic mass is 35.6. The zero-order valence-corrected chi connectivity index (χ0v) is 12.2. The lowest BCUT2D eigenvalue weighted by Crippen LogP contribution is -2.12. The monoisotopic (exact) mass is 300 g/mol. The number of nitrogens with zero attached hydrogens (tertiary/aromatic N) is 2. The summed E-state index contributed by atoms with van der Waals surface area (Å²) in [5.74, 6) is 0.772. The summed E-state index contributed by atoms with van der Waals surface area (Å²) < 4.78 is -1.64. The molecule has 1 aromatic rings. The number of halogens is 4. The van der Waals surface area contributed by atoms with Gasteiger partial charge in [0.25, 0.3) is 0 Å². The maximum absolute atomic E-state index is 5.88. The molecule has 1 heterocycles. The minimum Gasteiger partial charge on any atom is -0.233 e. The Labute approximate surface area is 115 Å². The molecule has 0 saturated heterocycles. The van der Waals surface area contributed by atoms with Crippen LogP contribution < -0.4 is 0 Å². The van der Waals surface area contributed by atoms with Gasteiger partial charge in [0.1, 0.15) is 5.15 Å². The Hall–Kier alpha value is 0.240. The molecular formula is C10H12Cl4N2. The third kappa shape index (κ3) is 3.63. The van der Waals surface area contributed by atoms with Crippen molar-refractivity contribution < 1.29 is 0 Å². The van der Waals surface area contributed by atoms with E-state index in [9.17, 15) is 0 Å². The lowest BCUT2D eigenvalue weighted by atomic mass is 9.94. The summed E-state index contributed by atoms with van der Waals surface area (Å²) in [5, 5.41) is 0.291. The van der Waals surface area contributed by atoms with Crippen molar-refractivity contribution in [2.45, 2.75) is 30.5 Å². The van der Waals surface area contributed by atoms with Crippen LogP contribution >= 0.6 is 46.4 Å².